The Morgan fingerprint density at radius 2 is 1.89 bits per heavy atom. The van der Waals surface area contributed by atoms with Gasteiger partial charge in [0.2, 0.25) is 0 Å². The first kappa shape index (κ1) is 19.9. The van der Waals surface area contributed by atoms with Gasteiger partial charge >= 0.3 is 11.9 Å². The van der Waals surface area contributed by atoms with Gasteiger partial charge < -0.3 is 19.7 Å². The van der Waals surface area contributed by atoms with Gasteiger partial charge in [-0.15, -0.1) is 0 Å². The molecule has 0 bridgehead atoms. The number of nitrogens with zero attached hydrogens (tertiary/aromatic N) is 3. The van der Waals surface area contributed by atoms with E-state index >= 15 is 0 Å². The van der Waals surface area contributed by atoms with Gasteiger partial charge in [0.1, 0.15) is 6.04 Å². The summed E-state index contributed by atoms with van der Waals surface area (Å²) in [5, 5.41) is 19.9. The second kappa shape index (κ2) is 8.41. The van der Waals surface area contributed by atoms with E-state index in [9.17, 15) is 14.7 Å². The molecule has 0 saturated carbocycles. The number of aromatic nitrogens is 1. The van der Waals surface area contributed by atoms with E-state index in [1.807, 2.05) is 33.9 Å². The maximum absolute atomic E-state index is 12.2. The number of piperazine rings is 1. The van der Waals surface area contributed by atoms with E-state index < -0.39 is 18.0 Å². The summed E-state index contributed by atoms with van der Waals surface area (Å²) in [6.07, 6.45) is 1.80. The van der Waals surface area contributed by atoms with Crippen LogP contribution in [0.15, 0.2) is 28.9 Å². The highest BCUT2D eigenvalue weighted by molar-refractivity contribution is 9.10. The van der Waals surface area contributed by atoms with Crippen LogP contribution in [0.5, 0.6) is 0 Å². The van der Waals surface area contributed by atoms with Crippen molar-refractivity contribution in [3.8, 4) is 0 Å². The minimum absolute atomic E-state index is 0.0113. The Balaban J connectivity index is 1.99. The highest BCUT2D eigenvalue weighted by Crippen LogP contribution is 2.33. The molecule has 146 valence electrons. The first-order chi connectivity index (χ1) is 12.9. The molecule has 1 aromatic carbocycles. The topological polar surface area (TPSA) is 86.0 Å². The van der Waals surface area contributed by atoms with Crippen LogP contribution in [0.2, 0.25) is 0 Å². The Labute approximate surface area is 166 Å². The van der Waals surface area contributed by atoms with Crippen LogP contribution < -0.4 is 0 Å². The van der Waals surface area contributed by atoms with Crippen LogP contribution in [0, 0.1) is 0 Å². The van der Waals surface area contributed by atoms with E-state index in [0.29, 0.717) is 19.6 Å². The molecule has 2 N–H and O–H groups in total. The third-order valence-corrected chi connectivity index (χ3v) is 5.68. The van der Waals surface area contributed by atoms with Crippen LogP contribution >= 0.6 is 15.9 Å². The summed E-state index contributed by atoms with van der Waals surface area (Å²) in [6, 6.07) is 4.97. The number of carbonyl (C=O) groups is 2. The molecule has 1 atom stereocenters. The second-order valence-corrected chi connectivity index (χ2v) is 7.71. The lowest BCUT2D eigenvalue weighted by Crippen LogP contribution is -2.49. The number of carboxylic acid groups (broad SMARTS) is 2. The number of aryl methyl sites for hydroxylation is 1. The zero-order chi connectivity index (χ0) is 19.6. The molecule has 3 rings (SSSR count). The van der Waals surface area contributed by atoms with E-state index in [1.54, 1.807) is 0 Å². The summed E-state index contributed by atoms with van der Waals surface area (Å²) in [4.78, 5) is 27.5. The van der Waals surface area contributed by atoms with Gasteiger partial charge in [0.05, 0.1) is 6.42 Å². The fraction of sp³-hybridized carbons (Fsp3) is 0.474. The molecular weight excluding hydrogens is 414 g/mol. The lowest BCUT2D eigenvalue weighted by Gasteiger charge is -2.37. The molecule has 1 aliphatic rings. The summed E-state index contributed by atoms with van der Waals surface area (Å²) in [5.74, 6) is -1.75. The second-order valence-electron chi connectivity index (χ2n) is 6.79. The summed E-state index contributed by atoms with van der Waals surface area (Å²) in [6.45, 7) is 6.48. The lowest BCUT2D eigenvalue weighted by molar-refractivity contribution is -0.144. The van der Waals surface area contributed by atoms with Gasteiger partial charge in [-0.25, -0.2) is 0 Å². The van der Waals surface area contributed by atoms with E-state index in [0.717, 1.165) is 40.6 Å². The zero-order valence-corrected chi connectivity index (χ0v) is 16.9. The van der Waals surface area contributed by atoms with E-state index in [-0.39, 0.29) is 6.42 Å². The minimum Gasteiger partial charge on any atom is -0.481 e. The molecule has 0 spiro atoms. The van der Waals surface area contributed by atoms with Crippen molar-refractivity contribution < 1.29 is 19.8 Å². The number of likely N-dealkylation sites (N-methyl/N-ethyl adjacent to an activating group) is 1. The standard InChI is InChI=1S/C19H24BrN3O4/c1-2-21-7-9-22(10-8-21)18(19(26)27)15-12-23(6-5-17(24)25)16-11-13(20)3-4-14(15)16/h3-4,11-12,18H,2,5-10H2,1H3,(H,24,25)(H,26,27)/t18-/m0/s1. The smallest absolute Gasteiger partial charge is 0.325 e. The maximum atomic E-state index is 12.2. The van der Waals surface area contributed by atoms with Crippen molar-refractivity contribution in [3.05, 3.63) is 34.4 Å². The lowest BCUT2D eigenvalue weighted by atomic mass is 10.0. The van der Waals surface area contributed by atoms with Crippen molar-refractivity contribution in [3.63, 3.8) is 0 Å². The molecule has 27 heavy (non-hydrogen) atoms. The van der Waals surface area contributed by atoms with Crippen LogP contribution in [0.3, 0.4) is 0 Å². The first-order valence-corrected chi connectivity index (χ1v) is 9.89. The van der Waals surface area contributed by atoms with Crippen molar-refractivity contribution in [2.45, 2.75) is 25.9 Å². The van der Waals surface area contributed by atoms with Gasteiger partial charge in [0, 0.05) is 59.9 Å². The van der Waals surface area contributed by atoms with Crippen LogP contribution in [-0.4, -0.2) is 69.2 Å². The quantitative estimate of drug-likeness (QED) is 0.692. The molecule has 0 aliphatic carbocycles. The number of rotatable bonds is 7. The van der Waals surface area contributed by atoms with Gasteiger partial charge in [-0.1, -0.05) is 28.9 Å². The third-order valence-electron chi connectivity index (χ3n) is 5.19. The number of benzene rings is 1. The molecule has 0 radical (unpaired) electrons. The van der Waals surface area contributed by atoms with Gasteiger partial charge in [0.15, 0.2) is 0 Å². The van der Waals surface area contributed by atoms with Crippen molar-refractivity contribution in [1.82, 2.24) is 14.4 Å². The molecule has 1 fully saturated rings. The Kier molecular flexibility index (Phi) is 6.18. The molecule has 1 aliphatic heterocycles. The van der Waals surface area contributed by atoms with Crippen molar-refractivity contribution in [2.24, 2.45) is 0 Å². The normalized spacial score (nSPS) is 17.3. The number of halogens is 1. The van der Waals surface area contributed by atoms with E-state index in [4.69, 9.17) is 5.11 Å². The Hall–Kier alpha value is -1.90. The number of hydrogen-bond donors (Lipinski definition) is 2. The molecule has 0 unspecified atom stereocenters. The number of hydrogen-bond acceptors (Lipinski definition) is 4. The monoisotopic (exact) mass is 437 g/mol. The van der Waals surface area contributed by atoms with Crippen LogP contribution in [0.1, 0.15) is 24.9 Å². The molecule has 7 nitrogen and oxygen atoms in total. The predicted molar refractivity (Wildman–Crippen MR) is 106 cm³/mol. The molecule has 2 aromatic rings. The van der Waals surface area contributed by atoms with Crippen molar-refractivity contribution >= 4 is 38.8 Å². The highest BCUT2D eigenvalue weighted by atomic mass is 79.9. The largest absolute Gasteiger partial charge is 0.481 e. The maximum Gasteiger partial charge on any atom is 0.325 e. The average Bonchev–Trinajstić information content (AvgIpc) is 2.98. The number of aliphatic carboxylic acids is 2. The summed E-state index contributed by atoms with van der Waals surface area (Å²) in [5.41, 5.74) is 1.57. The minimum atomic E-state index is -0.876. The Morgan fingerprint density at radius 3 is 2.48 bits per heavy atom. The van der Waals surface area contributed by atoms with Gasteiger partial charge in [-0.05, 0) is 18.7 Å². The number of fused-ring (bicyclic) bond motifs is 1. The molecule has 1 saturated heterocycles. The summed E-state index contributed by atoms with van der Waals surface area (Å²) < 4.78 is 2.72. The zero-order valence-electron chi connectivity index (χ0n) is 15.3. The first-order valence-electron chi connectivity index (χ1n) is 9.10. The summed E-state index contributed by atoms with van der Waals surface area (Å²) >= 11 is 3.45. The van der Waals surface area contributed by atoms with E-state index in [2.05, 4.69) is 27.8 Å². The van der Waals surface area contributed by atoms with Crippen molar-refractivity contribution in [1.29, 1.82) is 0 Å². The van der Waals surface area contributed by atoms with Crippen LogP contribution in [-0.2, 0) is 16.1 Å². The fourth-order valence-corrected chi connectivity index (χ4v) is 4.09. The third kappa shape index (κ3) is 4.34. The predicted octanol–water partition coefficient (Wildman–Crippen LogP) is 2.64. The molecule has 0 amide bonds. The Bertz CT molecular complexity index is 843. The van der Waals surface area contributed by atoms with E-state index in [1.165, 1.54) is 0 Å². The molecule has 2 heterocycles. The number of carboxylic acids is 2. The average molecular weight is 438 g/mol. The van der Waals surface area contributed by atoms with Gasteiger partial charge in [-0.3, -0.25) is 14.5 Å². The fourth-order valence-electron chi connectivity index (χ4n) is 3.74. The van der Waals surface area contributed by atoms with Crippen LogP contribution in [0.4, 0.5) is 0 Å². The van der Waals surface area contributed by atoms with Gasteiger partial charge in [-0.2, -0.15) is 0 Å². The summed E-state index contributed by atoms with van der Waals surface area (Å²) in [7, 11) is 0. The Morgan fingerprint density at radius 1 is 1.19 bits per heavy atom. The molecule has 1 aromatic heterocycles. The van der Waals surface area contributed by atoms with Crippen molar-refractivity contribution in [2.75, 3.05) is 32.7 Å². The molecule has 8 heteroatoms. The van der Waals surface area contributed by atoms with Gasteiger partial charge in [0.25, 0.3) is 0 Å². The highest BCUT2D eigenvalue weighted by Gasteiger charge is 2.32. The van der Waals surface area contributed by atoms with Crippen LogP contribution in [0.25, 0.3) is 10.9 Å². The SMILES string of the molecule is CCN1CCN([C@H](C(=O)O)c2cn(CCC(=O)O)c3cc(Br)ccc23)CC1. The molecular formula is C19H24BrN3O4.